The Balaban J connectivity index is 2.57. The van der Waals surface area contributed by atoms with Crippen molar-refractivity contribution in [1.82, 2.24) is 10.3 Å². The first-order valence-electron chi connectivity index (χ1n) is 6.82. The number of halogens is 1. The standard InChI is InChI=1S/C15H16ClN3O3S/c1-8(20)12-6-5-11(16)7-13(12)15(4)19(10(3)22)18-14(23-15)17-9(2)21/h5-7H,1-4H3,(H,17,18,21). The van der Waals surface area contributed by atoms with Gasteiger partial charge in [-0.1, -0.05) is 23.4 Å². The van der Waals surface area contributed by atoms with Gasteiger partial charge in [0.1, 0.15) is 4.87 Å². The average Bonchev–Trinajstić information content (AvgIpc) is 2.75. The molecule has 0 aliphatic carbocycles. The largest absolute Gasteiger partial charge is 0.304 e. The molecule has 0 fully saturated rings. The lowest BCUT2D eigenvalue weighted by molar-refractivity contribution is -0.131. The van der Waals surface area contributed by atoms with E-state index in [1.54, 1.807) is 25.1 Å². The molecular weight excluding hydrogens is 338 g/mol. The number of hydrazone groups is 1. The van der Waals surface area contributed by atoms with Crippen molar-refractivity contribution in [2.45, 2.75) is 32.6 Å². The van der Waals surface area contributed by atoms with Crippen molar-refractivity contribution in [3.63, 3.8) is 0 Å². The molecule has 1 aliphatic heterocycles. The lowest BCUT2D eigenvalue weighted by Gasteiger charge is -2.32. The summed E-state index contributed by atoms with van der Waals surface area (Å²) in [4.78, 5) is 34.2. The number of carbonyl (C=O) groups excluding carboxylic acids is 3. The highest BCUT2D eigenvalue weighted by Crippen LogP contribution is 2.46. The van der Waals surface area contributed by atoms with Gasteiger partial charge in [0.05, 0.1) is 0 Å². The Morgan fingerprint density at radius 3 is 2.43 bits per heavy atom. The van der Waals surface area contributed by atoms with Gasteiger partial charge in [-0.3, -0.25) is 14.4 Å². The Hall–Kier alpha value is -1.86. The second kappa shape index (κ2) is 6.33. The zero-order chi connectivity index (χ0) is 17.4. The van der Waals surface area contributed by atoms with Gasteiger partial charge >= 0.3 is 0 Å². The van der Waals surface area contributed by atoms with Crippen LogP contribution in [0, 0.1) is 0 Å². The summed E-state index contributed by atoms with van der Waals surface area (Å²) < 4.78 is 0. The van der Waals surface area contributed by atoms with Gasteiger partial charge in [-0.05, 0) is 32.0 Å². The highest BCUT2D eigenvalue weighted by atomic mass is 35.5. The summed E-state index contributed by atoms with van der Waals surface area (Å²) in [6.45, 7) is 5.94. The Morgan fingerprint density at radius 2 is 1.91 bits per heavy atom. The van der Waals surface area contributed by atoms with Crippen LogP contribution in [0.4, 0.5) is 0 Å². The first kappa shape index (κ1) is 17.5. The fourth-order valence-electron chi connectivity index (χ4n) is 2.39. The second-order valence-corrected chi connectivity index (χ2v) is 7.07. The van der Waals surface area contributed by atoms with Crippen LogP contribution in [-0.4, -0.2) is 27.8 Å². The molecule has 2 amide bonds. The Morgan fingerprint density at radius 1 is 1.26 bits per heavy atom. The lowest BCUT2D eigenvalue weighted by atomic mass is 9.98. The normalized spacial score (nSPS) is 20.2. The van der Waals surface area contributed by atoms with E-state index in [9.17, 15) is 14.4 Å². The average molecular weight is 354 g/mol. The molecule has 2 rings (SSSR count). The van der Waals surface area contributed by atoms with Crippen LogP contribution in [0.15, 0.2) is 23.3 Å². The number of hydrogen-bond acceptors (Lipinski definition) is 5. The van der Waals surface area contributed by atoms with Gasteiger partial charge in [0.25, 0.3) is 0 Å². The maximum absolute atomic E-state index is 12.0. The molecule has 0 radical (unpaired) electrons. The highest BCUT2D eigenvalue weighted by molar-refractivity contribution is 8.14. The number of rotatable bonds is 2. The fourth-order valence-corrected chi connectivity index (χ4v) is 3.79. The van der Waals surface area contributed by atoms with E-state index in [1.165, 1.54) is 37.5 Å². The molecule has 1 aromatic carbocycles. The molecule has 0 saturated heterocycles. The van der Waals surface area contributed by atoms with Crippen molar-refractivity contribution in [2.24, 2.45) is 5.10 Å². The van der Waals surface area contributed by atoms with Crippen LogP contribution in [0.5, 0.6) is 0 Å². The zero-order valence-electron chi connectivity index (χ0n) is 13.1. The molecule has 23 heavy (non-hydrogen) atoms. The molecule has 1 heterocycles. The second-order valence-electron chi connectivity index (χ2n) is 5.25. The number of carbonyl (C=O) groups is 3. The van der Waals surface area contributed by atoms with E-state index < -0.39 is 4.87 Å². The monoisotopic (exact) mass is 353 g/mol. The minimum absolute atomic E-state index is 0.144. The summed E-state index contributed by atoms with van der Waals surface area (Å²) in [7, 11) is 0. The summed E-state index contributed by atoms with van der Waals surface area (Å²) >= 11 is 7.26. The minimum Gasteiger partial charge on any atom is -0.304 e. The fraction of sp³-hybridized carbons (Fsp3) is 0.333. The van der Waals surface area contributed by atoms with Crippen molar-refractivity contribution in [2.75, 3.05) is 0 Å². The summed E-state index contributed by atoms with van der Waals surface area (Å²) in [5.41, 5.74) is 1.02. The number of benzene rings is 1. The number of nitrogens with zero attached hydrogens (tertiary/aromatic N) is 2. The molecule has 122 valence electrons. The Labute approximate surface area is 143 Å². The number of nitrogens with one attached hydrogen (secondary N) is 1. The van der Waals surface area contributed by atoms with Gasteiger partial charge in [0, 0.05) is 30.0 Å². The molecule has 1 unspecified atom stereocenters. The summed E-state index contributed by atoms with van der Waals surface area (Å²) in [6.07, 6.45) is 0. The van der Waals surface area contributed by atoms with Crippen LogP contribution < -0.4 is 5.32 Å². The van der Waals surface area contributed by atoms with Crippen molar-refractivity contribution in [1.29, 1.82) is 0 Å². The number of amidine groups is 1. The van der Waals surface area contributed by atoms with Crippen molar-refractivity contribution >= 4 is 46.1 Å². The van der Waals surface area contributed by atoms with E-state index in [0.29, 0.717) is 21.3 Å². The lowest BCUT2D eigenvalue weighted by Crippen LogP contribution is -2.38. The third-order valence-corrected chi connectivity index (χ3v) is 4.73. The molecule has 8 heteroatoms. The van der Waals surface area contributed by atoms with Crippen LogP contribution in [0.1, 0.15) is 43.6 Å². The molecular formula is C15H16ClN3O3S. The summed E-state index contributed by atoms with van der Waals surface area (Å²) in [5.74, 6) is -0.744. The smallest absolute Gasteiger partial charge is 0.241 e. The van der Waals surface area contributed by atoms with Crippen molar-refractivity contribution < 1.29 is 14.4 Å². The van der Waals surface area contributed by atoms with E-state index in [2.05, 4.69) is 10.4 Å². The number of Topliss-reactive ketones (excluding diaryl/α,β-unsaturated/α-hetero) is 1. The van der Waals surface area contributed by atoms with Gasteiger partial charge in [-0.25, -0.2) is 5.01 Å². The first-order valence-corrected chi connectivity index (χ1v) is 8.01. The minimum atomic E-state index is -0.977. The quantitative estimate of drug-likeness (QED) is 0.829. The van der Waals surface area contributed by atoms with Crippen LogP contribution in [-0.2, 0) is 14.5 Å². The zero-order valence-corrected chi connectivity index (χ0v) is 14.7. The SMILES string of the molecule is CC(=O)NC1=NN(C(C)=O)C(C)(c2cc(Cl)ccc2C(C)=O)S1. The van der Waals surface area contributed by atoms with E-state index in [1.807, 2.05) is 0 Å². The van der Waals surface area contributed by atoms with Crippen LogP contribution in [0.25, 0.3) is 0 Å². The topological polar surface area (TPSA) is 78.8 Å². The van der Waals surface area contributed by atoms with Gasteiger partial charge in [0.2, 0.25) is 11.8 Å². The van der Waals surface area contributed by atoms with E-state index >= 15 is 0 Å². The van der Waals surface area contributed by atoms with Gasteiger partial charge in [0.15, 0.2) is 11.0 Å². The van der Waals surface area contributed by atoms with Gasteiger partial charge in [-0.15, -0.1) is 5.10 Å². The molecule has 0 spiro atoms. The molecule has 6 nitrogen and oxygen atoms in total. The molecule has 0 saturated carbocycles. The predicted molar refractivity (Wildman–Crippen MR) is 90.2 cm³/mol. The van der Waals surface area contributed by atoms with Crippen molar-refractivity contribution in [3.05, 3.63) is 34.3 Å². The maximum atomic E-state index is 12.0. The Bertz CT molecular complexity index is 735. The third kappa shape index (κ3) is 3.40. The van der Waals surface area contributed by atoms with Crippen LogP contribution in [0.3, 0.4) is 0 Å². The molecule has 1 atom stereocenters. The predicted octanol–water partition coefficient (Wildman–Crippen LogP) is 2.72. The molecule has 1 N–H and O–H groups in total. The van der Waals surface area contributed by atoms with Gasteiger partial charge < -0.3 is 5.32 Å². The van der Waals surface area contributed by atoms with E-state index in [4.69, 9.17) is 11.6 Å². The molecule has 1 aromatic rings. The summed E-state index contributed by atoms with van der Waals surface area (Å²) in [6, 6.07) is 4.90. The number of ketones is 1. The number of thioether (sulfide) groups is 1. The number of hydrogen-bond donors (Lipinski definition) is 1. The highest BCUT2D eigenvalue weighted by Gasteiger charge is 2.45. The first-order chi connectivity index (χ1) is 10.6. The maximum Gasteiger partial charge on any atom is 0.241 e. The number of amides is 2. The van der Waals surface area contributed by atoms with Crippen LogP contribution in [0.2, 0.25) is 5.02 Å². The van der Waals surface area contributed by atoms with Gasteiger partial charge in [-0.2, -0.15) is 0 Å². The van der Waals surface area contributed by atoms with Crippen molar-refractivity contribution in [3.8, 4) is 0 Å². The summed E-state index contributed by atoms with van der Waals surface area (Å²) in [5, 5.41) is 8.74. The Kier molecular flexibility index (Phi) is 4.81. The molecule has 1 aliphatic rings. The molecule has 0 bridgehead atoms. The van der Waals surface area contributed by atoms with E-state index in [-0.39, 0.29) is 17.6 Å². The van der Waals surface area contributed by atoms with Crippen LogP contribution >= 0.6 is 23.4 Å². The van der Waals surface area contributed by atoms with E-state index in [0.717, 1.165) is 0 Å². The molecule has 0 aromatic heterocycles. The third-order valence-electron chi connectivity index (χ3n) is 3.33.